The quantitative estimate of drug-likeness (QED) is 0.597. The van der Waals surface area contributed by atoms with Crippen molar-refractivity contribution in [1.82, 2.24) is 0 Å². The molecule has 1 fully saturated rings. The molecule has 0 spiro atoms. The predicted octanol–water partition coefficient (Wildman–Crippen LogP) is 1.11. The molecule has 0 N–H and O–H groups in total. The molecule has 1 atom stereocenters. The molecule has 1 rings (SSSR count). The molecule has 0 aromatic carbocycles. The molecule has 70 valence electrons. The zero-order valence-electron chi connectivity index (χ0n) is 8.68. The van der Waals surface area contributed by atoms with E-state index in [1.165, 1.54) is 6.04 Å². The summed E-state index contributed by atoms with van der Waals surface area (Å²) in [6, 6.07) is 1.36. The molecule has 0 bridgehead atoms. The molecule has 1 heterocycles. The lowest BCUT2D eigenvalue weighted by Gasteiger charge is -2.42. The maximum atomic E-state index is 6.08. The van der Waals surface area contributed by atoms with Crippen molar-refractivity contribution in [1.29, 1.82) is 0 Å². The van der Waals surface area contributed by atoms with E-state index in [1.54, 1.807) is 0 Å². The Balaban J connectivity index is 2.72. The zero-order valence-corrected chi connectivity index (χ0v) is 12.3. The van der Waals surface area contributed by atoms with E-state index in [-0.39, 0.29) is 14.2 Å². The van der Waals surface area contributed by atoms with Gasteiger partial charge in [0.2, 0.25) is 0 Å². The van der Waals surface area contributed by atoms with Crippen molar-refractivity contribution in [3.05, 3.63) is 12.3 Å². The largest absolute Gasteiger partial charge is 0.415 e. The predicted molar refractivity (Wildman–Crippen MR) is 63.3 cm³/mol. The van der Waals surface area contributed by atoms with Crippen LogP contribution in [-0.4, -0.2) is 30.3 Å². The second-order valence-electron chi connectivity index (χ2n) is 5.20. The molecule has 0 saturated carbocycles. The third-order valence-corrected chi connectivity index (χ3v) is 27.5. The van der Waals surface area contributed by atoms with Gasteiger partial charge in [-0.1, -0.05) is 18.8 Å². The summed E-state index contributed by atoms with van der Waals surface area (Å²) >= 11 is 0. The van der Waals surface area contributed by atoms with Gasteiger partial charge in [0.15, 0.2) is 8.56 Å². The van der Waals surface area contributed by atoms with E-state index < -0.39 is 16.1 Å². The first kappa shape index (κ1) is 10.4. The summed E-state index contributed by atoms with van der Waals surface area (Å²) in [7, 11) is -1.58. The van der Waals surface area contributed by atoms with Crippen LogP contribution in [0.1, 0.15) is 13.8 Å². The SMILES string of the molecule is C=C[SiH]1OC(C)(C)C[Si](C)(C)[SiH2]1. The first-order valence-electron chi connectivity index (χ1n) is 4.65. The van der Waals surface area contributed by atoms with Crippen LogP contribution in [0, 0.1) is 0 Å². The lowest BCUT2D eigenvalue weighted by Crippen LogP contribution is -2.57. The second-order valence-corrected chi connectivity index (χ2v) is 25.1. The summed E-state index contributed by atoms with van der Waals surface area (Å²) < 4.78 is 6.08. The molecule has 1 aliphatic rings. The van der Waals surface area contributed by atoms with Crippen LogP contribution in [0.3, 0.4) is 0 Å². The van der Waals surface area contributed by atoms with Crippen LogP contribution >= 0.6 is 0 Å². The highest BCUT2D eigenvalue weighted by molar-refractivity contribution is 7.47. The van der Waals surface area contributed by atoms with Gasteiger partial charge in [0.25, 0.3) is 0 Å². The highest BCUT2D eigenvalue weighted by Crippen LogP contribution is 2.29. The summed E-state index contributed by atoms with van der Waals surface area (Å²) in [6.45, 7) is 13.5. The molecule has 0 amide bonds. The fraction of sp³-hybridized carbons (Fsp3) is 0.750. The number of rotatable bonds is 1. The van der Waals surface area contributed by atoms with Crippen molar-refractivity contribution in [2.45, 2.75) is 38.6 Å². The van der Waals surface area contributed by atoms with Gasteiger partial charge in [-0.2, -0.15) is 0 Å². The van der Waals surface area contributed by atoms with Crippen molar-refractivity contribution in [2.75, 3.05) is 0 Å². The van der Waals surface area contributed by atoms with Gasteiger partial charge >= 0.3 is 0 Å². The van der Waals surface area contributed by atoms with Gasteiger partial charge in [0.1, 0.15) is 0 Å². The fourth-order valence-electron chi connectivity index (χ4n) is 2.39. The maximum Gasteiger partial charge on any atom is 0.178 e. The summed E-state index contributed by atoms with van der Waals surface area (Å²) in [5.74, 6) is 0. The number of hydrogen-bond acceptors (Lipinski definition) is 1. The van der Waals surface area contributed by atoms with Crippen molar-refractivity contribution >= 4 is 24.7 Å². The highest BCUT2D eigenvalue weighted by atomic mass is 29.6. The average Bonchev–Trinajstić information content (AvgIpc) is 1.80. The average molecular weight is 217 g/mol. The second kappa shape index (κ2) is 3.25. The van der Waals surface area contributed by atoms with Crippen molar-refractivity contribution < 1.29 is 4.43 Å². The Kier molecular flexibility index (Phi) is 2.82. The van der Waals surface area contributed by atoms with Crippen molar-refractivity contribution in [3.63, 3.8) is 0 Å². The molecule has 1 saturated heterocycles. The third kappa shape index (κ3) is 2.69. The Hall–Kier alpha value is 0.351. The van der Waals surface area contributed by atoms with Gasteiger partial charge in [-0.25, -0.2) is 0 Å². The summed E-state index contributed by atoms with van der Waals surface area (Å²) in [6.07, 6.45) is 0. The van der Waals surface area contributed by atoms with Crippen LogP contribution in [0.4, 0.5) is 0 Å². The Morgan fingerprint density at radius 1 is 1.58 bits per heavy atom. The Morgan fingerprint density at radius 3 is 2.58 bits per heavy atom. The molecular formula is C8H20OSi3. The lowest BCUT2D eigenvalue weighted by atomic mass is 10.2. The minimum Gasteiger partial charge on any atom is -0.415 e. The minimum atomic E-state index is -0.891. The fourth-order valence-corrected chi connectivity index (χ4v) is 28.4. The standard InChI is InChI=1S/C8H20OSi3/c1-6-11-9-8(2,3)7-12(4,5)10-11/h6,11H,1,7,10H2,2-5H3. The van der Waals surface area contributed by atoms with Crippen molar-refractivity contribution in [3.8, 4) is 0 Å². The first-order valence-corrected chi connectivity index (χ1v) is 14.6. The summed E-state index contributed by atoms with van der Waals surface area (Å²) in [4.78, 5) is 0. The van der Waals surface area contributed by atoms with Crippen molar-refractivity contribution in [2.24, 2.45) is 0 Å². The van der Waals surface area contributed by atoms with Crippen LogP contribution in [-0.2, 0) is 4.43 Å². The van der Waals surface area contributed by atoms with Crippen LogP contribution in [0.5, 0.6) is 0 Å². The summed E-state index contributed by atoms with van der Waals surface area (Å²) in [5, 5.41) is 0. The third-order valence-electron chi connectivity index (χ3n) is 2.39. The van der Waals surface area contributed by atoms with Gasteiger partial charge < -0.3 is 4.43 Å². The summed E-state index contributed by atoms with van der Waals surface area (Å²) in [5.41, 5.74) is 2.33. The van der Waals surface area contributed by atoms with E-state index in [0.29, 0.717) is 0 Å². The number of hydrogen-bond donors (Lipinski definition) is 0. The lowest BCUT2D eigenvalue weighted by molar-refractivity contribution is 0.134. The zero-order chi connectivity index (χ0) is 9.41. The molecular weight excluding hydrogens is 196 g/mol. The van der Waals surface area contributed by atoms with Crippen LogP contribution in [0.15, 0.2) is 12.3 Å². The molecule has 0 aromatic rings. The maximum absolute atomic E-state index is 6.08. The van der Waals surface area contributed by atoms with Gasteiger partial charge in [-0.3, -0.25) is 0 Å². The molecule has 0 aromatic heterocycles. The molecule has 0 aliphatic carbocycles. The van der Waals surface area contributed by atoms with E-state index in [2.05, 4.69) is 39.2 Å². The van der Waals surface area contributed by atoms with Crippen LogP contribution in [0.2, 0.25) is 19.1 Å². The molecule has 12 heavy (non-hydrogen) atoms. The van der Waals surface area contributed by atoms with E-state index in [4.69, 9.17) is 4.43 Å². The molecule has 1 aliphatic heterocycles. The van der Waals surface area contributed by atoms with E-state index in [9.17, 15) is 0 Å². The molecule has 1 unspecified atom stereocenters. The monoisotopic (exact) mass is 216 g/mol. The normalized spacial score (nSPS) is 34.8. The van der Waals surface area contributed by atoms with E-state index in [0.717, 1.165) is 0 Å². The van der Waals surface area contributed by atoms with Gasteiger partial charge in [-0.05, 0) is 19.9 Å². The smallest absolute Gasteiger partial charge is 0.178 e. The van der Waals surface area contributed by atoms with Crippen LogP contribution < -0.4 is 0 Å². The molecule has 4 heteroatoms. The highest BCUT2D eigenvalue weighted by Gasteiger charge is 2.40. The topological polar surface area (TPSA) is 9.23 Å². The van der Waals surface area contributed by atoms with Gasteiger partial charge in [0, 0.05) is 21.7 Å². The van der Waals surface area contributed by atoms with Gasteiger partial charge in [0.05, 0.1) is 0 Å². The van der Waals surface area contributed by atoms with E-state index in [1.807, 2.05) is 0 Å². The Bertz CT molecular complexity index is 173. The van der Waals surface area contributed by atoms with Gasteiger partial charge in [-0.15, -0.1) is 6.58 Å². The van der Waals surface area contributed by atoms with Crippen LogP contribution in [0.25, 0.3) is 0 Å². The Morgan fingerprint density at radius 2 is 2.17 bits per heavy atom. The molecule has 1 nitrogen and oxygen atoms in total. The molecule has 0 radical (unpaired) electrons. The minimum absolute atomic E-state index is 0.119. The van der Waals surface area contributed by atoms with E-state index >= 15 is 0 Å². The first-order chi connectivity index (χ1) is 5.35. The Labute approximate surface area is 80.3 Å².